The van der Waals surface area contributed by atoms with E-state index in [2.05, 4.69) is 10.6 Å². The quantitative estimate of drug-likeness (QED) is 0.595. The van der Waals surface area contributed by atoms with Crippen molar-refractivity contribution in [1.29, 1.82) is 0 Å². The zero-order valence-corrected chi connectivity index (χ0v) is 11.9. The van der Waals surface area contributed by atoms with Gasteiger partial charge in [0.2, 0.25) is 0 Å². The molecule has 0 heterocycles. The molecule has 0 aliphatic carbocycles. The Morgan fingerprint density at radius 3 is 2.45 bits per heavy atom. The number of ether oxygens (including phenoxy) is 2. The van der Waals surface area contributed by atoms with E-state index in [1.165, 1.54) is 7.11 Å². The molecule has 2 amide bonds. The van der Waals surface area contributed by atoms with Crippen LogP contribution in [0.15, 0.2) is 18.2 Å². The van der Waals surface area contributed by atoms with Crippen molar-refractivity contribution in [3.05, 3.63) is 18.2 Å². The average Bonchev–Trinajstić information content (AvgIpc) is 2.47. The molecule has 0 aliphatic heterocycles. The summed E-state index contributed by atoms with van der Waals surface area (Å²) in [5.74, 6) is 0.826. The first-order valence-corrected chi connectivity index (χ1v) is 6.14. The van der Waals surface area contributed by atoms with Gasteiger partial charge in [0.05, 0.1) is 19.9 Å². The third-order valence-corrected chi connectivity index (χ3v) is 2.62. The highest BCUT2D eigenvalue weighted by atomic mass is 16.5. The number of nitrogens with one attached hydrogen (secondary N) is 2. The van der Waals surface area contributed by atoms with Crippen molar-refractivity contribution in [3.8, 4) is 11.5 Å². The van der Waals surface area contributed by atoms with E-state index >= 15 is 0 Å². The molecule has 0 radical (unpaired) electrons. The van der Waals surface area contributed by atoms with Crippen molar-refractivity contribution in [1.82, 2.24) is 5.32 Å². The molecule has 0 unspecified atom stereocenters. The number of amides is 2. The van der Waals surface area contributed by atoms with Crippen molar-refractivity contribution >= 4 is 17.5 Å². The summed E-state index contributed by atoms with van der Waals surface area (Å²) >= 11 is 0. The summed E-state index contributed by atoms with van der Waals surface area (Å²) in [4.78, 5) is 22.8. The molecule has 0 spiro atoms. The summed E-state index contributed by atoms with van der Waals surface area (Å²) in [6.45, 7) is 0.367. The second-order valence-corrected chi connectivity index (χ2v) is 3.98. The Bertz CT molecular complexity index is 477. The largest absolute Gasteiger partial charge is 0.497 e. The second-order valence-electron chi connectivity index (χ2n) is 3.98. The minimum Gasteiger partial charge on any atom is -0.497 e. The van der Waals surface area contributed by atoms with Gasteiger partial charge < -0.3 is 25.4 Å². The maximum atomic E-state index is 11.7. The van der Waals surface area contributed by atoms with E-state index in [1.54, 1.807) is 37.7 Å². The molecule has 1 aromatic rings. The number of methoxy groups -OCH3 is 2. The Balaban J connectivity index is 2.55. The fourth-order valence-corrected chi connectivity index (χ4v) is 1.54. The van der Waals surface area contributed by atoms with Gasteiger partial charge in [-0.05, 0) is 12.1 Å². The lowest BCUT2D eigenvalue weighted by atomic mass is 10.2. The lowest BCUT2D eigenvalue weighted by Crippen LogP contribution is -2.88. The molecule has 0 aliphatic rings. The number of rotatable bonds is 7. The molecule has 0 fully saturated rings. The zero-order chi connectivity index (χ0) is 15.0. The van der Waals surface area contributed by atoms with Crippen LogP contribution in [0.3, 0.4) is 0 Å². The smallest absolute Gasteiger partial charge is 0.279 e. The minimum atomic E-state index is -0.211. The highest BCUT2D eigenvalue weighted by Crippen LogP contribution is 2.28. The van der Waals surface area contributed by atoms with Gasteiger partial charge in [0.25, 0.3) is 11.8 Å². The van der Waals surface area contributed by atoms with Crippen molar-refractivity contribution in [2.75, 3.05) is 39.7 Å². The van der Waals surface area contributed by atoms with Crippen LogP contribution in [0.1, 0.15) is 0 Å². The van der Waals surface area contributed by atoms with Gasteiger partial charge in [0.15, 0.2) is 13.1 Å². The summed E-state index contributed by atoms with van der Waals surface area (Å²) in [6, 6.07) is 5.12. The Labute approximate surface area is 117 Å². The van der Waals surface area contributed by atoms with E-state index in [9.17, 15) is 9.59 Å². The van der Waals surface area contributed by atoms with E-state index in [0.29, 0.717) is 17.2 Å². The molecule has 110 valence electrons. The summed E-state index contributed by atoms with van der Waals surface area (Å²) in [7, 11) is 4.63. The van der Waals surface area contributed by atoms with E-state index in [1.807, 2.05) is 0 Å². The Morgan fingerprint density at radius 1 is 1.15 bits per heavy atom. The van der Waals surface area contributed by atoms with Crippen LogP contribution in [0, 0.1) is 0 Å². The number of nitrogens with two attached hydrogens (primary N) is 1. The van der Waals surface area contributed by atoms with Crippen LogP contribution in [0.4, 0.5) is 5.69 Å². The van der Waals surface area contributed by atoms with Crippen LogP contribution in [-0.4, -0.2) is 46.2 Å². The summed E-state index contributed by atoms with van der Waals surface area (Å²) < 4.78 is 10.3. The Morgan fingerprint density at radius 2 is 1.85 bits per heavy atom. The van der Waals surface area contributed by atoms with Gasteiger partial charge >= 0.3 is 0 Å². The predicted octanol–water partition coefficient (Wildman–Crippen LogP) is -1.05. The number of quaternary nitrogens is 1. The first-order chi connectivity index (χ1) is 9.60. The van der Waals surface area contributed by atoms with E-state index in [-0.39, 0.29) is 24.9 Å². The molecule has 0 bridgehead atoms. The number of carbonyl (C=O) groups excluding carboxylic acids is 2. The van der Waals surface area contributed by atoms with Gasteiger partial charge in [-0.3, -0.25) is 9.59 Å². The number of carbonyl (C=O) groups is 2. The standard InChI is InChI=1S/C13H19N3O4/c1-14-12(17)7-15-8-13(18)16-10-5-4-9(19-2)6-11(10)20-3/h4-6,15H,7-8H2,1-3H3,(H,14,17)(H,16,18)/p+1. The van der Waals surface area contributed by atoms with Crippen LogP contribution in [0.25, 0.3) is 0 Å². The van der Waals surface area contributed by atoms with Crippen molar-refractivity contribution in [2.45, 2.75) is 0 Å². The fraction of sp³-hybridized carbons (Fsp3) is 0.385. The summed E-state index contributed by atoms with van der Waals surface area (Å²) in [6.07, 6.45) is 0. The third kappa shape index (κ3) is 4.77. The van der Waals surface area contributed by atoms with Crippen LogP contribution in [0.2, 0.25) is 0 Å². The molecule has 20 heavy (non-hydrogen) atoms. The van der Waals surface area contributed by atoms with Gasteiger partial charge in [0.1, 0.15) is 11.5 Å². The van der Waals surface area contributed by atoms with Crippen LogP contribution >= 0.6 is 0 Å². The Hall–Kier alpha value is -2.28. The van der Waals surface area contributed by atoms with Gasteiger partial charge in [0, 0.05) is 13.1 Å². The number of hydrogen-bond acceptors (Lipinski definition) is 4. The number of likely N-dealkylation sites (N-methyl/N-ethyl adjacent to an activating group) is 1. The van der Waals surface area contributed by atoms with Crippen molar-refractivity contribution in [2.24, 2.45) is 0 Å². The van der Waals surface area contributed by atoms with Crippen LogP contribution in [-0.2, 0) is 9.59 Å². The summed E-state index contributed by atoms with van der Waals surface area (Å²) in [5.41, 5.74) is 0.562. The topological polar surface area (TPSA) is 93.3 Å². The number of benzene rings is 1. The van der Waals surface area contributed by atoms with Crippen molar-refractivity contribution in [3.63, 3.8) is 0 Å². The predicted molar refractivity (Wildman–Crippen MR) is 73.9 cm³/mol. The molecule has 0 aromatic heterocycles. The molecule has 4 N–H and O–H groups in total. The van der Waals surface area contributed by atoms with Gasteiger partial charge in [-0.15, -0.1) is 0 Å². The van der Waals surface area contributed by atoms with E-state index in [4.69, 9.17) is 9.47 Å². The Kier molecular flexibility index (Phi) is 6.31. The monoisotopic (exact) mass is 282 g/mol. The maximum Gasteiger partial charge on any atom is 0.279 e. The first kappa shape index (κ1) is 15.8. The second kappa shape index (κ2) is 8.00. The SMILES string of the molecule is CNC(=O)C[NH2+]CC(=O)Nc1ccc(OC)cc1OC. The number of anilines is 1. The highest BCUT2D eigenvalue weighted by molar-refractivity contribution is 5.93. The molecule has 0 atom stereocenters. The van der Waals surface area contributed by atoms with Crippen LogP contribution < -0.4 is 25.4 Å². The average molecular weight is 282 g/mol. The van der Waals surface area contributed by atoms with Gasteiger partial charge in [-0.1, -0.05) is 0 Å². The molecule has 1 aromatic carbocycles. The normalized spacial score (nSPS) is 9.75. The van der Waals surface area contributed by atoms with E-state index < -0.39 is 0 Å². The minimum absolute atomic E-state index is 0.125. The fourth-order valence-electron chi connectivity index (χ4n) is 1.54. The lowest BCUT2D eigenvalue weighted by molar-refractivity contribution is -0.632. The zero-order valence-electron chi connectivity index (χ0n) is 11.9. The third-order valence-electron chi connectivity index (χ3n) is 2.62. The van der Waals surface area contributed by atoms with Gasteiger partial charge in [-0.2, -0.15) is 0 Å². The molecule has 7 heteroatoms. The first-order valence-electron chi connectivity index (χ1n) is 6.14. The highest BCUT2D eigenvalue weighted by Gasteiger charge is 2.10. The maximum absolute atomic E-state index is 11.7. The molecule has 0 saturated carbocycles. The van der Waals surface area contributed by atoms with E-state index in [0.717, 1.165) is 0 Å². The lowest BCUT2D eigenvalue weighted by Gasteiger charge is -2.11. The molecular formula is C13H20N3O4+. The molecular weight excluding hydrogens is 262 g/mol. The molecule has 0 saturated heterocycles. The molecule has 1 rings (SSSR count). The summed E-state index contributed by atoms with van der Waals surface area (Å²) in [5, 5.41) is 6.82. The van der Waals surface area contributed by atoms with Crippen LogP contribution in [0.5, 0.6) is 11.5 Å². The van der Waals surface area contributed by atoms with Gasteiger partial charge in [-0.25, -0.2) is 0 Å². The molecule has 7 nitrogen and oxygen atoms in total. The number of hydrogen-bond donors (Lipinski definition) is 3. The van der Waals surface area contributed by atoms with Crippen molar-refractivity contribution < 1.29 is 24.4 Å².